The molecule has 0 aliphatic carbocycles. The first kappa shape index (κ1) is 17.2. The van der Waals surface area contributed by atoms with Gasteiger partial charge in [-0.2, -0.15) is 5.10 Å². The minimum absolute atomic E-state index is 0.0658. The number of piperidine rings is 1. The highest BCUT2D eigenvalue weighted by Gasteiger charge is 2.24. The van der Waals surface area contributed by atoms with Gasteiger partial charge in [0, 0.05) is 26.3 Å². The number of hydrogen-bond acceptors (Lipinski definition) is 4. The fourth-order valence-corrected chi connectivity index (χ4v) is 2.78. The zero-order valence-corrected chi connectivity index (χ0v) is 14.0. The molecule has 6 nitrogen and oxygen atoms in total. The van der Waals surface area contributed by atoms with E-state index in [9.17, 15) is 4.79 Å². The molecule has 2 rings (SSSR count). The second-order valence-corrected chi connectivity index (χ2v) is 6.05. The van der Waals surface area contributed by atoms with Gasteiger partial charge in [-0.25, -0.2) is 0 Å². The predicted molar refractivity (Wildman–Crippen MR) is 84.0 cm³/mol. The number of aliphatic hydroxyl groups excluding tert-OH is 1. The number of likely N-dealkylation sites (tertiary alicyclic amines) is 1. The number of aliphatic hydroxyl groups is 1. The standard InChI is InChI=1S/C15H24ClN3O3/c1-11-15(16)12(2)19(17-11)10-14(21)18-6-4-13(5-7-18)22-9-3-8-20/h13,20H,3-10H2,1-2H3. The van der Waals surface area contributed by atoms with E-state index in [0.717, 1.165) is 24.2 Å². The van der Waals surface area contributed by atoms with E-state index in [-0.39, 0.29) is 25.2 Å². The van der Waals surface area contributed by atoms with Gasteiger partial charge in [-0.05, 0) is 33.1 Å². The minimum Gasteiger partial charge on any atom is -0.396 e. The smallest absolute Gasteiger partial charge is 0.244 e. The van der Waals surface area contributed by atoms with Crippen molar-refractivity contribution in [2.75, 3.05) is 26.3 Å². The fraction of sp³-hybridized carbons (Fsp3) is 0.733. The highest BCUT2D eigenvalue weighted by molar-refractivity contribution is 6.31. The summed E-state index contributed by atoms with van der Waals surface area (Å²) in [6.07, 6.45) is 2.54. The summed E-state index contributed by atoms with van der Waals surface area (Å²) in [6, 6.07) is 0. The zero-order valence-electron chi connectivity index (χ0n) is 13.2. The molecule has 0 radical (unpaired) electrons. The van der Waals surface area contributed by atoms with Crippen LogP contribution in [0.2, 0.25) is 5.02 Å². The van der Waals surface area contributed by atoms with Crippen molar-refractivity contribution in [1.29, 1.82) is 0 Å². The molecule has 1 aliphatic rings. The van der Waals surface area contributed by atoms with Gasteiger partial charge in [-0.3, -0.25) is 9.48 Å². The van der Waals surface area contributed by atoms with E-state index in [1.165, 1.54) is 0 Å². The summed E-state index contributed by atoms with van der Waals surface area (Å²) in [5, 5.41) is 13.7. The van der Waals surface area contributed by atoms with E-state index in [2.05, 4.69) is 5.10 Å². The molecule has 0 unspecified atom stereocenters. The average Bonchev–Trinajstić information content (AvgIpc) is 2.75. The number of hydrogen-bond donors (Lipinski definition) is 1. The number of rotatable bonds is 6. The van der Waals surface area contributed by atoms with Gasteiger partial charge in [0.1, 0.15) is 6.54 Å². The molecular formula is C15H24ClN3O3. The number of ether oxygens (including phenoxy) is 1. The molecule has 2 heterocycles. The molecule has 0 aromatic carbocycles. The van der Waals surface area contributed by atoms with Crippen molar-refractivity contribution in [2.24, 2.45) is 0 Å². The van der Waals surface area contributed by atoms with Crippen LogP contribution in [0.4, 0.5) is 0 Å². The molecule has 0 saturated carbocycles. The molecule has 1 fully saturated rings. The Morgan fingerprint density at radius 1 is 1.41 bits per heavy atom. The second-order valence-electron chi connectivity index (χ2n) is 5.67. The Kier molecular flexibility index (Phi) is 6.23. The van der Waals surface area contributed by atoms with Crippen LogP contribution in [0, 0.1) is 13.8 Å². The molecule has 0 bridgehead atoms. The Balaban J connectivity index is 1.81. The third kappa shape index (κ3) is 4.21. The normalized spacial score (nSPS) is 16.3. The van der Waals surface area contributed by atoms with Gasteiger partial charge in [0.2, 0.25) is 5.91 Å². The summed E-state index contributed by atoms with van der Waals surface area (Å²) in [5.74, 6) is 0.0658. The Hall–Kier alpha value is -1.11. The summed E-state index contributed by atoms with van der Waals surface area (Å²) in [5.41, 5.74) is 1.58. The van der Waals surface area contributed by atoms with Crippen molar-refractivity contribution in [1.82, 2.24) is 14.7 Å². The second kappa shape index (κ2) is 7.94. The van der Waals surface area contributed by atoms with Crippen molar-refractivity contribution < 1.29 is 14.6 Å². The van der Waals surface area contributed by atoms with Gasteiger partial charge in [0.05, 0.1) is 22.5 Å². The van der Waals surface area contributed by atoms with Crippen LogP contribution in [0.5, 0.6) is 0 Å². The van der Waals surface area contributed by atoms with E-state index in [1.54, 1.807) is 4.68 Å². The van der Waals surface area contributed by atoms with Crippen LogP contribution in [0.1, 0.15) is 30.7 Å². The predicted octanol–water partition coefficient (Wildman–Crippen LogP) is 1.54. The topological polar surface area (TPSA) is 67.6 Å². The largest absolute Gasteiger partial charge is 0.396 e. The molecule has 7 heteroatoms. The van der Waals surface area contributed by atoms with E-state index in [4.69, 9.17) is 21.4 Å². The van der Waals surface area contributed by atoms with Crippen molar-refractivity contribution in [3.8, 4) is 0 Å². The van der Waals surface area contributed by atoms with Crippen LogP contribution in [0.15, 0.2) is 0 Å². The van der Waals surface area contributed by atoms with Crippen molar-refractivity contribution in [3.63, 3.8) is 0 Å². The maximum absolute atomic E-state index is 12.4. The zero-order chi connectivity index (χ0) is 16.1. The monoisotopic (exact) mass is 329 g/mol. The van der Waals surface area contributed by atoms with E-state index in [0.29, 0.717) is 31.1 Å². The van der Waals surface area contributed by atoms with Crippen molar-refractivity contribution in [2.45, 2.75) is 45.8 Å². The SMILES string of the molecule is Cc1nn(CC(=O)N2CCC(OCCCO)CC2)c(C)c1Cl. The maximum atomic E-state index is 12.4. The number of aryl methyl sites for hydroxylation is 1. The summed E-state index contributed by atoms with van der Waals surface area (Å²) >= 11 is 6.10. The quantitative estimate of drug-likeness (QED) is 0.804. The number of amides is 1. The lowest BCUT2D eigenvalue weighted by Crippen LogP contribution is -2.42. The summed E-state index contributed by atoms with van der Waals surface area (Å²) < 4.78 is 7.35. The van der Waals surface area contributed by atoms with Gasteiger partial charge >= 0.3 is 0 Å². The van der Waals surface area contributed by atoms with E-state index >= 15 is 0 Å². The highest BCUT2D eigenvalue weighted by atomic mass is 35.5. The van der Waals surface area contributed by atoms with Gasteiger partial charge in [-0.15, -0.1) is 0 Å². The molecule has 1 amide bonds. The first-order valence-electron chi connectivity index (χ1n) is 7.72. The number of aromatic nitrogens is 2. The highest BCUT2D eigenvalue weighted by Crippen LogP contribution is 2.19. The third-order valence-corrected chi connectivity index (χ3v) is 4.58. The molecule has 124 valence electrons. The first-order chi connectivity index (χ1) is 10.5. The average molecular weight is 330 g/mol. The van der Waals surface area contributed by atoms with Crippen molar-refractivity contribution in [3.05, 3.63) is 16.4 Å². The Labute approximate surface area is 136 Å². The minimum atomic E-state index is 0.0658. The lowest BCUT2D eigenvalue weighted by molar-refractivity contribution is -0.134. The third-order valence-electron chi connectivity index (χ3n) is 4.03. The van der Waals surface area contributed by atoms with Crippen LogP contribution < -0.4 is 0 Å². The molecule has 1 aromatic heterocycles. The van der Waals surface area contributed by atoms with E-state index < -0.39 is 0 Å². The molecule has 22 heavy (non-hydrogen) atoms. The van der Waals surface area contributed by atoms with Crippen LogP contribution >= 0.6 is 11.6 Å². The Morgan fingerprint density at radius 2 is 2.09 bits per heavy atom. The lowest BCUT2D eigenvalue weighted by atomic mass is 10.1. The fourth-order valence-electron chi connectivity index (χ4n) is 2.64. The molecule has 1 N–H and O–H groups in total. The van der Waals surface area contributed by atoms with Gasteiger partial charge in [0.25, 0.3) is 0 Å². The van der Waals surface area contributed by atoms with E-state index in [1.807, 2.05) is 18.7 Å². The van der Waals surface area contributed by atoms with Crippen LogP contribution in [-0.2, 0) is 16.1 Å². The first-order valence-corrected chi connectivity index (χ1v) is 8.10. The number of carbonyl (C=O) groups excluding carboxylic acids is 1. The van der Waals surface area contributed by atoms with Gasteiger partial charge < -0.3 is 14.7 Å². The summed E-state index contributed by atoms with van der Waals surface area (Å²) in [4.78, 5) is 14.2. The molecular weight excluding hydrogens is 306 g/mol. The molecule has 1 aliphatic heterocycles. The Morgan fingerprint density at radius 3 is 2.64 bits per heavy atom. The molecule has 0 atom stereocenters. The molecule has 1 saturated heterocycles. The van der Waals surface area contributed by atoms with Crippen LogP contribution in [0.3, 0.4) is 0 Å². The van der Waals surface area contributed by atoms with Gasteiger partial charge in [-0.1, -0.05) is 11.6 Å². The summed E-state index contributed by atoms with van der Waals surface area (Å²) in [7, 11) is 0. The van der Waals surface area contributed by atoms with Gasteiger partial charge in [0.15, 0.2) is 0 Å². The van der Waals surface area contributed by atoms with Crippen molar-refractivity contribution >= 4 is 17.5 Å². The van der Waals surface area contributed by atoms with Crippen LogP contribution in [-0.4, -0.2) is 58.1 Å². The maximum Gasteiger partial charge on any atom is 0.244 e. The number of halogens is 1. The molecule has 0 spiro atoms. The number of nitrogens with zero attached hydrogens (tertiary/aromatic N) is 3. The Bertz CT molecular complexity index is 510. The summed E-state index contributed by atoms with van der Waals surface area (Å²) in [6.45, 7) is 6.09. The lowest BCUT2D eigenvalue weighted by Gasteiger charge is -2.32. The molecule has 1 aromatic rings. The van der Waals surface area contributed by atoms with Crippen LogP contribution in [0.25, 0.3) is 0 Å². The number of carbonyl (C=O) groups is 1.